The lowest BCUT2D eigenvalue weighted by Crippen LogP contribution is -2.39. The van der Waals surface area contributed by atoms with Gasteiger partial charge in [0.25, 0.3) is 0 Å². The molecule has 2 N–H and O–H groups in total. The first-order chi connectivity index (χ1) is 7.18. The number of aryl methyl sites for hydroxylation is 1. The quantitative estimate of drug-likeness (QED) is 0.828. The third-order valence-corrected chi connectivity index (χ3v) is 4.01. The van der Waals surface area contributed by atoms with Crippen molar-refractivity contribution in [3.8, 4) is 0 Å². The number of hydrogen-bond acceptors (Lipinski definition) is 4. The highest BCUT2D eigenvalue weighted by Gasteiger charge is 2.26. The van der Waals surface area contributed by atoms with E-state index in [-0.39, 0.29) is 0 Å². The summed E-state index contributed by atoms with van der Waals surface area (Å²) in [6, 6.07) is 0. The first kappa shape index (κ1) is 10.9. The number of aromatic nitrogens is 1. The second kappa shape index (κ2) is 4.49. The molecule has 0 aromatic carbocycles. The molecule has 2 rings (SSSR count). The van der Waals surface area contributed by atoms with Gasteiger partial charge in [-0.15, -0.1) is 11.3 Å². The van der Waals surface area contributed by atoms with Crippen LogP contribution in [0.2, 0.25) is 0 Å². The van der Waals surface area contributed by atoms with E-state index in [9.17, 15) is 0 Å². The average molecular weight is 225 g/mol. The molecule has 0 aliphatic carbocycles. The number of thiazole rings is 1. The van der Waals surface area contributed by atoms with Crippen molar-refractivity contribution in [2.45, 2.75) is 26.7 Å². The van der Waals surface area contributed by atoms with Gasteiger partial charge in [0.05, 0.1) is 5.69 Å². The Morgan fingerprint density at radius 3 is 2.87 bits per heavy atom. The highest BCUT2D eigenvalue weighted by molar-refractivity contribution is 7.13. The summed E-state index contributed by atoms with van der Waals surface area (Å²) in [5.74, 6) is 0. The molecule has 0 atom stereocenters. The smallest absolute Gasteiger partial charge is 0.182 e. The molecule has 0 radical (unpaired) electrons. The summed E-state index contributed by atoms with van der Waals surface area (Å²) in [7, 11) is 0. The fourth-order valence-electron chi connectivity index (χ4n) is 1.93. The van der Waals surface area contributed by atoms with Crippen molar-refractivity contribution in [3.63, 3.8) is 0 Å². The van der Waals surface area contributed by atoms with Gasteiger partial charge in [0, 0.05) is 11.9 Å². The van der Waals surface area contributed by atoms with Gasteiger partial charge in [-0.05, 0) is 38.3 Å². The van der Waals surface area contributed by atoms with Crippen LogP contribution in [0.5, 0.6) is 0 Å². The number of hydrogen-bond donors (Lipinski definition) is 2. The third kappa shape index (κ3) is 2.92. The van der Waals surface area contributed by atoms with Crippen LogP contribution < -0.4 is 10.6 Å². The van der Waals surface area contributed by atoms with Crippen LogP contribution in [0.1, 0.15) is 25.5 Å². The SMILES string of the molecule is Cc1csc(NCC2(C)CCNCC2)n1. The Kier molecular flexibility index (Phi) is 3.26. The summed E-state index contributed by atoms with van der Waals surface area (Å²) in [4.78, 5) is 4.42. The maximum absolute atomic E-state index is 4.42. The summed E-state index contributed by atoms with van der Waals surface area (Å²) in [5, 5.41) is 10.0. The van der Waals surface area contributed by atoms with Gasteiger partial charge in [-0.25, -0.2) is 4.98 Å². The molecule has 0 bridgehead atoms. The van der Waals surface area contributed by atoms with E-state index >= 15 is 0 Å². The molecular formula is C11H19N3S. The molecule has 3 nitrogen and oxygen atoms in total. The van der Waals surface area contributed by atoms with Gasteiger partial charge in [-0.2, -0.15) is 0 Å². The molecule has 2 heterocycles. The second-order valence-electron chi connectivity index (χ2n) is 4.71. The van der Waals surface area contributed by atoms with E-state index in [1.54, 1.807) is 11.3 Å². The van der Waals surface area contributed by atoms with E-state index in [2.05, 4.69) is 27.9 Å². The normalized spacial score (nSPS) is 20.1. The van der Waals surface area contributed by atoms with Crippen molar-refractivity contribution in [1.82, 2.24) is 10.3 Å². The number of nitrogens with one attached hydrogen (secondary N) is 2. The van der Waals surface area contributed by atoms with Crippen LogP contribution in [0, 0.1) is 12.3 Å². The Balaban J connectivity index is 1.86. The molecule has 15 heavy (non-hydrogen) atoms. The Hall–Kier alpha value is -0.610. The van der Waals surface area contributed by atoms with Crippen molar-refractivity contribution in [1.29, 1.82) is 0 Å². The zero-order chi connectivity index (χ0) is 10.7. The molecule has 1 aliphatic heterocycles. The lowest BCUT2D eigenvalue weighted by molar-refractivity contribution is 0.247. The average Bonchev–Trinajstić information content (AvgIpc) is 2.63. The van der Waals surface area contributed by atoms with Crippen LogP contribution in [0.4, 0.5) is 5.13 Å². The standard InChI is InChI=1S/C11H19N3S/c1-9-7-15-10(14-9)13-8-11(2)3-5-12-6-4-11/h7,12H,3-6,8H2,1-2H3,(H,13,14). The molecule has 0 saturated carbocycles. The van der Waals surface area contributed by atoms with Gasteiger partial charge in [0.2, 0.25) is 0 Å². The summed E-state index contributed by atoms with van der Waals surface area (Å²) in [6.07, 6.45) is 2.51. The predicted octanol–water partition coefficient (Wildman–Crippen LogP) is 2.25. The highest BCUT2D eigenvalue weighted by Crippen LogP contribution is 2.28. The second-order valence-corrected chi connectivity index (χ2v) is 5.57. The van der Waals surface area contributed by atoms with Gasteiger partial charge in [-0.1, -0.05) is 6.92 Å². The van der Waals surface area contributed by atoms with Gasteiger partial charge in [0.1, 0.15) is 0 Å². The summed E-state index contributed by atoms with van der Waals surface area (Å²) in [6.45, 7) is 7.74. The van der Waals surface area contributed by atoms with Crippen molar-refractivity contribution in [2.24, 2.45) is 5.41 Å². The summed E-state index contributed by atoms with van der Waals surface area (Å²) >= 11 is 1.70. The fraction of sp³-hybridized carbons (Fsp3) is 0.727. The molecule has 0 amide bonds. The molecule has 0 spiro atoms. The largest absolute Gasteiger partial charge is 0.361 e. The first-order valence-corrected chi connectivity index (χ1v) is 6.43. The minimum atomic E-state index is 0.435. The van der Waals surface area contributed by atoms with Crippen LogP contribution in [0.25, 0.3) is 0 Å². The Morgan fingerprint density at radius 1 is 1.53 bits per heavy atom. The van der Waals surface area contributed by atoms with Crippen molar-refractivity contribution >= 4 is 16.5 Å². The van der Waals surface area contributed by atoms with E-state index in [1.807, 2.05) is 6.92 Å². The fourth-order valence-corrected chi connectivity index (χ4v) is 2.62. The number of piperidine rings is 1. The van der Waals surface area contributed by atoms with Crippen LogP contribution >= 0.6 is 11.3 Å². The number of nitrogens with zero attached hydrogens (tertiary/aromatic N) is 1. The molecule has 0 unspecified atom stereocenters. The molecule has 1 saturated heterocycles. The lowest BCUT2D eigenvalue weighted by atomic mass is 9.81. The Bertz CT molecular complexity index is 315. The van der Waals surface area contributed by atoms with Crippen molar-refractivity contribution < 1.29 is 0 Å². The molecule has 1 aromatic heterocycles. The van der Waals surface area contributed by atoms with Gasteiger partial charge < -0.3 is 10.6 Å². The maximum atomic E-state index is 4.42. The monoisotopic (exact) mass is 225 g/mol. The molecule has 1 fully saturated rings. The zero-order valence-corrected chi connectivity index (χ0v) is 10.3. The predicted molar refractivity (Wildman–Crippen MR) is 65.6 cm³/mol. The Labute approximate surface area is 95.3 Å². The topological polar surface area (TPSA) is 37.0 Å². The van der Waals surface area contributed by atoms with Crippen LogP contribution in [0.3, 0.4) is 0 Å². The molecular weight excluding hydrogens is 206 g/mol. The number of anilines is 1. The molecule has 1 aliphatic rings. The van der Waals surface area contributed by atoms with Crippen molar-refractivity contribution in [2.75, 3.05) is 25.0 Å². The van der Waals surface area contributed by atoms with Crippen LogP contribution in [-0.4, -0.2) is 24.6 Å². The lowest BCUT2D eigenvalue weighted by Gasteiger charge is -2.34. The van der Waals surface area contributed by atoms with E-state index in [1.165, 1.54) is 12.8 Å². The zero-order valence-electron chi connectivity index (χ0n) is 9.47. The van der Waals surface area contributed by atoms with E-state index in [4.69, 9.17) is 0 Å². The van der Waals surface area contributed by atoms with Crippen LogP contribution in [0.15, 0.2) is 5.38 Å². The number of rotatable bonds is 3. The van der Waals surface area contributed by atoms with Gasteiger partial charge in [0.15, 0.2) is 5.13 Å². The van der Waals surface area contributed by atoms with Crippen LogP contribution in [-0.2, 0) is 0 Å². The first-order valence-electron chi connectivity index (χ1n) is 5.55. The maximum Gasteiger partial charge on any atom is 0.182 e. The van der Waals surface area contributed by atoms with Crippen molar-refractivity contribution in [3.05, 3.63) is 11.1 Å². The van der Waals surface area contributed by atoms with Gasteiger partial charge >= 0.3 is 0 Å². The van der Waals surface area contributed by atoms with E-state index < -0.39 is 0 Å². The summed E-state index contributed by atoms with van der Waals surface area (Å²) in [5.41, 5.74) is 1.54. The molecule has 84 valence electrons. The molecule has 4 heteroatoms. The minimum Gasteiger partial charge on any atom is -0.361 e. The third-order valence-electron chi connectivity index (χ3n) is 3.10. The van der Waals surface area contributed by atoms with E-state index in [0.29, 0.717) is 5.41 Å². The molecule has 1 aromatic rings. The summed E-state index contributed by atoms with van der Waals surface area (Å²) < 4.78 is 0. The highest BCUT2D eigenvalue weighted by atomic mass is 32.1. The Morgan fingerprint density at radius 2 is 2.27 bits per heavy atom. The van der Waals surface area contributed by atoms with Gasteiger partial charge in [-0.3, -0.25) is 0 Å². The van der Waals surface area contributed by atoms with E-state index in [0.717, 1.165) is 30.5 Å². The minimum absolute atomic E-state index is 0.435.